The van der Waals surface area contributed by atoms with Crippen LogP contribution in [0.2, 0.25) is 0 Å². The number of carbonyl (C=O) groups excluding carboxylic acids is 1. The minimum Gasteiger partial charge on any atom is -0.493 e. The molecule has 2 aliphatic rings. The molecule has 0 unspecified atom stereocenters. The smallest absolute Gasteiger partial charge is 0.412 e. The fraction of sp³-hybridized carbons (Fsp3) is 0.524. The lowest BCUT2D eigenvalue weighted by Gasteiger charge is -2.25. The lowest BCUT2D eigenvalue weighted by Crippen LogP contribution is -2.28. The first-order valence-electron chi connectivity index (χ1n) is 9.54. The number of halogens is 2. The molecule has 5 nitrogen and oxygen atoms in total. The number of nitrogens with one attached hydrogen (secondary N) is 1. The van der Waals surface area contributed by atoms with E-state index in [2.05, 4.69) is 10.3 Å². The van der Waals surface area contributed by atoms with Crippen molar-refractivity contribution < 1.29 is 23.0 Å². The first-order chi connectivity index (χ1) is 13.1. The Morgan fingerprint density at radius 3 is 2.71 bits per heavy atom. The molecule has 1 aliphatic carbocycles. The number of pyridine rings is 1. The average Bonchev–Trinajstić information content (AvgIpc) is 2.61. The molecule has 1 aromatic rings. The summed E-state index contributed by atoms with van der Waals surface area (Å²) in [6, 6.07) is 1.76. The number of aromatic nitrogens is 1. The van der Waals surface area contributed by atoms with Gasteiger partial charge < -0.3 is 9.47 Å². The van der Waals surface area contributed by atoms with Crippen LogP contribution in [0.15, 0.2) is 24.4 Å². The van der Waals surface area contributed by atoms with Crippen LogP contribution in [0, 0.1) is 0 Å². The van der Waals surface area contributed by atoms with Gasteiger partial charge in [-0.2, -0.15) is 0 Å². The summed E-state index contributed by atoms with van der Waals surface area (Å²) in [7, 11) is 0. The summed E-state index contributed by atoms with van der Waals surface area (Å²) < 4.78 is 38.3. The minimum atomic E-state index is -2.70. The number of hydrogen-bond acceptors (Lipinski definition) is 4. The average molecular weight is 392 g/mol. The van der Waals surface area contributed by atoms with Crippen LogP contribution in [0.25, 0.3) is 11.3 Å². The van der Waals surface area contributed by atoms with Gasteiger partial charge in [0.1, 0.15) is 11.4 Å². The van der Waals surface area contributed by atoms with E-state index in [1.807, 2.05) is 6.08 Å². The standard InChI is InChI=1S/C21H26F2N2O3/c1-20(2,3)28-19(26)25-18-15(16-6-4-5-13-27-16)9-12-24-17(18)14-7-10-21(22,23)11-8-14/h6-7,9,12H,4-5,8,10-11,13H2,1-3H3,(H,25,26). The van der Waals surface area contributed by atoms with Crippen LogP contribution < -0.4 is 5.32 Å². The van der Waals surface area contributed by atoms with Crippen LogP contribution in [-0.2, 0) is 9.47 Å². The number of alkyl halides is 2. The summed E-state index contributed by atoms with van der Waals surface area (Å²) in [6.07, 6.45) is 5.86. The normalized spacial score (nSPS) is 19.2. The molecule has 0 fully saturated rings. The van der Waals surface area contributed by atoms with Crippen LogP contribution in [-0.4, -0.2) is 29.2 Å². The number of ether oxygens (including phenoxy) is 2. The Bertz CT molecular complexity index is 810. The third kappa shape index (κ3) is 5.09. The van der Waals surface area contributed by atoms with E-state index in [1.165, 1.54) is 6.08 Å². The van der Waals surface area contributed by atoms with Gasteiger partial charge in [-0.25, -0.2) is 13.6 Å². The summed E-state index contributed by atoms with van der Waals surface area (Å²) in [4.78, 5) is 16.8. The first-order valence-corrected chi connectivity index (χ1v) is 9.54. The molecular formula is C21H26F2N2O3. The number of hydrogen-bond donors (Lipinski definition) is 1. The maximum Gasteiger partial charge on any atom is 0.412 e. The van der Waals surface area contributed by atoms with Gasteiger partial charge in [-0.05, 0) is 57.7 Å². The number of allylic oxidation sites excluding steroid dienone is 3. The van der Waals surface area contributed by atoms with Crippen molar-refractivity contribution in [2.24, 2.45) is 0 Å². The molecule has 0 saturated heterocycles. The number of rotatable bonds is 3. The molecule has 0 spiro atoms. The van der Waals surface area contributed by atoms with E-state index in [1.54, 1.807) is 33.0 Å². The maximum atomic E-state index is 13.6. The Hall–Kier alpha value is -2.44. The second kappa shape index (κ2) is 7.89. The Morgan fingerprint density at radius 1 is 1.32 bits per heavy atom. The van der Waals surface area contributed by atoms with Gasteiger partial charge in [0.25, 0.3) is 5.92 Å². The van der Waals surface area contributed by atoms with Gasteiger partial charge in [-0.1, -0.05) is 6.08 Å². The summed E-state index contributed by atoms with van der Waals surface area (Å²) in [5, 5.41) is 2.78. The van der Waals surface area contributed by atoms with E-state index in [4.69, 9.17) is 9.47 Å². The lowest BCUT2D eigenvalue weighted by atomic mass is 9.92. The number of carbonyl (C=O) groups is 1. The molecule has 0 atom stereocenters. The van der Waals surface area contributed by atoms with Crippen LogP contribution in [0.5, 0.6) is 0 Å². The highest BCUT2D eigenvalue weighted by Crippen LogP contribution is 2.40. The Kier molecular flexibility index (Phi) is 5.72. The van der Waals surface area contributed by atoms with E-state index < -0.39 is 17.6 Å². The van der Waals surface area contributed by atoms with Crippen molar-refractivity contribution in [3.8, 4) is 0 Å². The summed E-state index contributed by atoms with van der Waals surface area (Å²) in [5.41, 5.74) is 1.61. The van der Waals surface area contributed by atoms with Crippen molar-refractivity contribution in [2.45, 2.75) is 64.4 Å². The molecule has 152 valence electrons. The SMILES string of the molecule is CC(C)(C)OC(=O)Nc1c(C2=CCCCO2)ccnc1C1=CCC(F)(F)CC1. The molecule has 7 heteroatoms. The van der Waals surface area contributed by atoms with Crippen molar-refractivity contribution in [3.63, 3.8) is 0 Å². The topological polar surface area (TPSA) is 60.5 Å². The van der Waals surface area contributed by atoms with Gasteiger partial charge in [0, 0.05) is 24.6 Å². The van der Waals surface area contributed by atoms with Crippen LogP contribution in [0.1, 0.15) is 64.1 Å². The highest BCUT2D eigenvalue weighted by Gasteiger charge is 2.33. The zero-order valence-corrected chi connectivity index (χ0v) is 16.5. The number of amides is 1. The van der Waals surface area contributed by atoms with Crippen molar-refractivity contribution in [3.05, 3.63) is 35.7 Å². The number of anilines is 1. The molecule has 28 heavy (non-hydrogen) atoms. The molecule has 1 aromatic heterocycles. The molecular weight excluding hydrogens is 366 g/mol. The molecule has 3 rings (SSSR count). The molecule has 0 radical (unpaired) electrons. The predicted octanol–water partition coefficient (Wildman–Crippen LogP) is 5.78. The van der Waals surface area contributed by atoms with Gasteiger partial charge >= 0.3 is 6.09 Å². The highest BCUT2D eigenvalue weighted by molar-refractivity contribution is 5.94. The maximum absolute atomic E-state index is 13.6. The van der Waals surface area contributed by atoms with Crippen LogP contribution >= 0.6 is 0 Å². The molecule has 0 bridgehead atoms. The molecule has 1 aliphatic heterocycles. The largest absolute Gasteiger partial charge is 0.493 e. The minimum absolute atomic E-state index is 0.187. The van der Waals surface area contributed by atoms with Gasteiger partial charge in [0.15, 0.2) is 0 Å². The molecule has 1 amide bonds. The fourth-order valence-corrected chi connectivity index (χ4v) is 3.20. The van der Waals surface area contributed by atoms with E-state index >= 15 is 0 Å². The van der Waals surface area contributed by atoms with Crippen molar-refractivity contribution in [2.75, 3.05) is 11.9 Å². The number of nitrogens with zero attached hydrogens (tertiary/aromatic N) is 1. The third-order valence-corrected chi connectivity index (χ3v) is 4.49. The van der Waals surface area contributed by atoms with E-state index in [9.17, 15) is 13.6 Å². The Balaban J connectivity index is 2.00. The zero-order valence-electron chi connectivity index (χ0n) is 16.5. The molecule has 0 saturated carbocycles. The predicted molar refractivity (Wildman–Crippen MR) is 104 cm³/mol. The van der Waals surface area contributed by atoms with Crippen molar-refractivity contribution >= 4 is 23.1 Å². The van der Waals surface area contributed by atoms with Gasteiger partial charge in [0.2, 0.25) is 0 Å². The van der Waals surface area contributed by atoms with Crippen LogP contribution in [0.3, 0.4) is 0 Å². The summed E-state index contributed by atoms with van der Waals surface area (Å²) in [5.74, 6) is -2.04. The second-order valence-corrected chi connectivity index (χ2v) is 8.06. The molecule has 1 N–H and O–H groups in total. The van der Waals surface area contributed by atoms with E-state index in [-0.39, 0.29) is 19.3 Å². The fourth-order valence-electron chi connectivity index (χ4n) is 3.20. The van der Waals surface area contributed by atoms with Gasteiger partial charge in [-0.15, -0.1) is 0 Å². The van der Waals surface area contributed by atoms with Gasteiger partial charge in [-0.3, -0.25) is 10.3 Å². The second-order valence-electron chi connectivity index (χ2n) is 8.06. The van der Waals surface area contributed by atoms with E-state index in [0.717, 1.165) is 12.8 Å². The van der Waals surface area contributed by atoms with Crippen molar-refractivity contribution in [1.29, 1.82) is 0 Å². The van der Waals surface area contributed by atoms with Gasteiger partial charge in [0.05, 0.1) is 18.0 Å². The summed E-state index contributed by atoms with van der Waals surface area (Å²) in [6.45, 7) is 5.91. The highest BCUT2D eigenvalue weighted by atomic mass is 19.3. The monoisotopic (exact) mass is 392 g/mol. The summed E-state index contributed by atoms with van der Waals surface area (Å²) >= 11 is 0. The zero-order chi connectivity index (χ0) is 20.4. The Labute approximate surface area is 163 Å². The lowest BCUT2D eigenvalue weighted by molar-refractivity contribution is -0.00607. The third-order valence-electron chi connectivity index (χ3n) is 4.49. The Morgan fingerprint density at radius 2 is 2.11 bits per heavy atom. The van der Waals surface area contributed by atoms with Crippen LogP contribution in [0.4, 0.5) is 19.3 Å². The quantitative estimate of drug-likeness (QED) is 0.708. The van der Waals surface area contributed by atoms with Crippen molar-refractivity contribution in [1.82, 2.24) is 4.98 Å². The molecule has 0 aromatic carbocycles. The van der Waals surface area contributed by atoms with E-state index in [0.29, 0.717) is 34.9 Å². The molecule has 2 heterocycles. The first kappa shape index (κ1) is 20.3.